The van der Waals surface area contributed by atoms with Gasteiger partial charge in [0.15, 0.2) is 12.2 Å². The summed E-state index contributed by atoms with van der Waals surface area (Å²) in [4.78, 5) is 72.3. The first-order valence-corrected chi connectivity index (χ1v) is 38.3. The fourth-order valence-corrected chi connectivity index (χ4v) is 11.8. The summed E-state index contributed by atoms with van der Waals surface area (Å²) in [5, 5.41) is 10.5. The molecule has 0 aromatic heterocycles. The number of ether oxygens (including phenoxy) is 4. The monoisotopic (exact) mass is 1280 g/mol. The molecule has 0 radical (unpaired) electrons. The lowest BCUT2D eigenvalue weighted by atomic mass is 10.0. The molecule has 5 atom stereocenters. The summed E-state index contributed by atoms with van der Waals surface area (Å²) in [6.45, 7) is 11.7. The molecule has 0 aromatic rings. The van der Waals surface area contributed by atoms with Crippen molar-refractivity contribution in [3.05, 3.63) is 0 Å². The fraction of sp³-hybridized carbons (Fsp3) is 0.941. The summed E-state index contributed by atoms with van der Waals surface area (Å²) in [6, 6.07) is 0. The number of hydrogen-bond acceptors (Lipinski definition) is 15. The molecule has 0 aliphatic rings. The van der Waals surface area contributed by atoms with E-state index in [-0.39, 0.29) is 25.7 Å². The second kappa shape index (κ2) is 59.1. The highest BCUT2D eigenvalue weighted by atomic mass is 31.2. The van der Waals surface area contributed by atoms with Crippen molar-refractivity contribution in [3.63, 3.8) is 0 Å². The van der Waals surface area contributed by atoms with Crippen LogP contribution in [0.5, 0.6) is 0 Å². The first kappa shape index (κ1) is 85.1. The lowest BCUT2D eigenvalue weighted by molar-refractivity contribution is -0.161. The van der Waals surface area contributed by atoms with Crippen LogP contribution >= 0.6 is 15.6 Å². The van der Waals surface area contributed by atoms with E-state index >= 15 is 0 Å². The van der Waals surface area contributed by atoms with Crippen molar-refractivity contribution in [2.45, 2.75) is 356 Å². The van der Waals surface area contributed by atoms with Crippen LogP contribution in [0.15, 0.2) is 0 Å². The molecule has 0 aromatic carbocycles. The van der Waals surface area contributed by atoms with Crippen LogP contribution in [0, 0.1) is 17.8 Å². The number of rotatable bonds is 66. The Hall–Kier alpha value is -1.94. The van der Waals surface area contributed by atoms with Gasteiger partial charge in [-0.1, -0.05) is 286 Å². The van der Waals surface area contributed by atoms with Gasteiger partial charge in [-0.15, -0.1) is 0 Å². The quantitative estimate of drug-likeness (QED) is 0.0222. The number of esters is 4. The maximum absolute atomic E-state index is 13.0. The van der Waals surface area contributed by atoms with Crippen molar-refractivity contribution in [1.82, 2.24) is 0 Å². The number of phosphoric acid groups is 2. The molecule has 0 bridgehead atoms. The minimum atomic E-state index is -4.95. The summed E-state index contributed by atoms with van der Waals surface area (Å²) in [6.07, 6.45) is 42.0. The number of phosphoric ester groups is 2. The number of hydrogen-bond donors (Lipinski definition) is 3. The number of aliphatic hydroxyl groups excluding tert-OH is 1. The molecule has 17 nitrogen and oxygen atoms in total. The Morgan fingerprint density at radius 3 is 0.782 bits per heavy atom. The van der Waals surface area contributed by atoms with Gasteiger partial charge in [0.25, 0.3) is 0 Å². The molecule has 0 aliphatic carbocycles. The Kier molecular flexibility index (Phi) is 57.8. The molecule has 2 unspecified atom stereocenters. The normalized spacial score (nSPS) is 14.3. The molecule has 87 heavy (non-hydrogen) atoms. The average Bonchev–Trinajstić information content (AvgIpc) is 3.67. The minimum absolute atomic E-state index is 0.102. The van der Waals surface area contributed by atoms with E-state index in [4.69, 9.17) is 37.0 Å². The zero-order valence-electron chi connectivity index (χ0n) is 56.5. The summed E-state index contributed by atoms with van der Waals surface area (Å²) in [5.41, 5.74) is 0. The van der Waals surface area contributed by atoms with Gasteiger partial charge in [-0.25, -0.2) is 9.13 Å². The molecule has 3 N–H and O–H groups in total. The van der Waals surface area contributed by atoms with Gasteiger partial charge < -0.3 is 33.8 Å². The lowest BCUT2D eigenvalue weighted by Gasteiger charge is -2.21. The van der Waals surface area contributed by atoms with Crippen LogP contribution in [-0.2, 0) is 65.4 Å². The first-order chi connectivity index (χ1) is 41.7. The predicted molar refractivity (Wildman–Crippen MR) is 349 cm³/mol. The average molecular weight is 1280 g/mol. The fourth-order valence-electron chi connectivity index (χ4n) is 10.2. The second-order valence-electron chi connectivity index (χ2n) is 26.0. The van der Waals surface area contributed by atoms with Gasteiger partial charge >= 0.3 is 39.5 Å². The number of carbonyl (C=O) groups is 4. The zero-order valence-corrected chi connectivity index (χ0v) is 58.3. The highest BCUT2D eigenvalue weighted by Gasteiger charge is 2.30. The van der Waals surface area contributed by atoms with Crippen molar-refractivity contribution in [1.29, 1.82) is 0 Å². The number of unbranched alkanes of at least 4 members (excludes halogenated alkanes) is 34. The number of carbonyl (C=O) groups excluding carboxylic acids is 4. The Morgan fingerprint density at radius 2 is 0.529 bits per heavy atom. The van der Waals surface area contributed by atoms with Crippen LogP contribution in [0.25, 0.3) is 0 Å². The molecule has 0 saturated heterocycles. The van der Waals surface area contributed by atoms with Crippen LogP contribution < -0.4 is 0 Å². The van der Waals surface area contributed by atoms with E-state index in [2.05, 4.69) is 48.5 Å². The van der Waals surface area contributed by atoms with Crippen molar-refractivity contribution >= 4 is 39.5 Å². The van der Waals surface area contributed by atoms with Gasteiger partial charge in [0, 0.05) is 25.7 Å². The maximum atomic E-state index is 13.0. The Bertz CT molecular complexity index is 1720. The van der Waals surface area contributed by atoms with Crippen LogP contribution in [0.2, 0.25) is 0 Å². The summed E-state index contributed by atoms with van der Waals surface area (Å²) in [5.74, 6) is 0.0681. The highest BCUT2D eigenvalue weighted by molar-refractivity contribution is 7.47. The molecule has 0 amide bonds. The largest absolute Gasteiger partial charge is 0.472 e. The molecule has 0 rings (SSSR count). The first-order valence-electron chi connectivity index (χ1n) is 35.3. The minimum Gasteiger partial charge on any atom is -0.462 e. The summed E-state index contributed by atoms with van der Waals surface area (Å²) in [7, 11) is -9.89. The summed E-state index contributed by atoms with van der Waals surface area (Å²) < 4.78 is 68.0. The van der Waals surface area contributed by atoms with Crippen LogP contribution in [0.3, 0.4) is 0 Å². The second-order valence-corrected chi connectivity index (χ2v) is 28.9. The Balaban J connectivity index is 5.17. The molecule has 19 heteroatoms. The lowest BCUT2D eigenvalue weighted by Crippen LogP contribution is -2.30. The zero-order chi connectivity index (χ0) is 64.5. The van der Waals surface area contributed by atoms with E-state index in [0.717, 1.165) is 108 Å². The van der Waals surface area contributed by atoms with Crippen molar-refractivity contribution in [2.75, 3.05) is 39.6 Å². The molecular formula is C68H132O17P2. The maximum Gasteiger partial charge on any atom is 0.472 e. The van der Waals surface area contributed by atoms with Crippen LogP contribution in [-0.4, -0.2) is 96.7 Å². The molecular weight excluding hydrogens is 1150 g/mol. The van der Waals surface area contributed by atoms with Gasteiger partial charge in [-0.05, 0) is 43.4 Å². The van der Waals surface area contributed by atoms with E-state index in [1.807, 2.05) is 0 Å². The van der Waals surface area contributed by atoms with E-state index < -0.39 is 97.5 Å². The third kappa shape index (κ3) is 62.6. The molecule has 0 aliphatic heterocycles. The van der Waals surface area contributed by atoms with Crippen molar-refractivity contribution in [3.8, 4) is 0 Å². The van der Waals surface area contributed by atoms with Crippen LogP contribution in [0.4, 0.5) is 0 Å². The van der Waals surface area contributed by atoms with Gasteiger partial charge in [0.05, 0.1) is 26.4 Å². The van der Waals surface area contributed by atoms with E-state index in [0.29, 0.717) is 31.6 Å². The van der Waals surface area contributed by atoms with E-state index in [9.17, 15) is 43.2 Å². The summed E-state index contributed by atoms with van der Waals surface area (Å²) >= 11 is 0. The highest BCUT2D eigenvalue weighted by Crippen LogP contribution is 2.45. The molecule has 0 heterocycles. The standard InChI is InChI=1S/C68H132O17P2/c1-8-9-10-11-12-27-35-42-49-65(70)78-56-64(85-68(73)52-45-38-31-30-34-41-48-61(6)7)58-83-87(76,77)81-54-62(69)53-80-86(74,75)82-57-63(55-79-66(71)50-43-36-28-24-23-26-33-40-47-60(4)5)84-67(72)51-44-37-29-22-20-18-16-14-13-15-17-19-21-25-32-39-46-59(2)3/h59-64,69H,8-58H2,1-7H3,(H,74,75)(H,76,77)/t62-,63-,64-/m1/s1. The van der Waals surface area contributed by atoms with E-state index in [1.54, 1.807) is 0 Å². The van der Waals surface area contributed by atoms with Gasteiger partial charge in [-0.3, -0.25) is 37.3 Å². The molecule has 516 valence electrons. The number of aliphatic hydroxyl groups is 1. The van der Waals surface area contributed by atoms with Crippen molar-refractivity contribution < 1.29 is 80.2 Å². The van der Waals surface area contributed by atoms with Crippen molar-refractivity contribution in [2.24, 2.45) is 17.8 Å². The predicted octanol–water partition coefficient (Wildman–Crippen LogP) is 19.1. The topological polar surface area (TPSA) is 237 Å². The third-order valence-corrected chi connectivity index (χ3v) is 17.5. The molecule has 0 saturated carbocycles. The molecule has 0 fully saturated rings. The molecule has 0 spiro atoms. The van der Waals surface area contributed by atoms with E-state index in [1.165, 1.54) is 141 Å². The van der Waals surface area contributed by atoms with Crippen LogP contribution in [0.1, 0.15) is 337 Å². The van der Waals surface area contributed by atoms with Gasteiger partial charge in [0.2, 0.25) is 0 Å². The Labute approximate surface area is 530 Å². The van der Waals surface area contributed by atoms with Gasteiger partial charge in [0.1, 0.15) is 19.3 Å². The Morgan fingerprint density at radius 1 is 0.310 bits per heavy atom. The van der Waals surface area contributed by atoms with Gasteiger partial charge in [-0.2, -0.15) is 0 Å². The smallest absolute Gasteiger partial charge is 0.462 e. The third-order valence-electron chi connectivity index (χ3n) is 15.6. The SMILES string of the molecule is CCCCCCCCCCC(=O)OC[C@H](COP(=O)(O)OC[C@H](O)COP(=O)(O)OC[C@@H](COC(=O)CCCCCCCCCCC(C)C)OC(=O)CCCCCCCCCCCCCCCCCCC(C)C)OC(=O)CCCCCCCCC(C)C.